The van der Waals surface area contributed by atoms with Gasteiger partial charge in [0, 0.05) is 17.3 Å². The summed E-state index contributed by atoms with van der Waals surface area (Å²) in [6.45, 7) is 0.524. The van der Waals surface area contributed by atoms with E-state index in [-0.39, 0.29) is 24.4 Å². The third-order valence-corrected chi connectivity index (χ3v) is 5.92. The maximum atomic E-state index is 12.2. The van der Waals surface area contributed by atoms with Crippen molar-refractivity contribution >= 4 is 29.4 Å². The lowest BCUT2D eigenvalue weighted by Crippen LogP contribution is -2.13. The van der Waals surface area contributed by atoms with Crippen LogP contribution in [0.25, 0.3) is 0 Å². The molecule has 0 spiro atoms. The summed E-state index contributed by atoms with van der Waals surface area (Å²) in [6.07, 6.45) is 0.366. The number of hydrogen-bond acceptors (Lipinski definition) is 5. The molecule has 3 aromatic rings. The number of benzene rings is 3. The molecule has 1 amide bonds. The SMILES string of the molecule is COC(=O)c1cc(CN)cc([C@@H]2C[C@H]2c2cc(Cl)cc(NC(=O)OCc3ccccc3)c2)c1. The van der Waals surface area contributed by atoms with Crippen molar-refractivity contribution in [3.8, 4) is 0 Å². The van der Waals surface area contributed by atoms with Crippen molar-refractivity contribution in [3.05, 3.63) is 99.6 Å². The van der Waals surface area contributed by atoms with E-state index in [2.05, 4.69) is 5.32 Å². The molecular weight excluding hydrogens is 440 g/mol. The standard InChI is InChI=1S/C26H25ClN2O4/c1-32-25(30)20-8-17(14-28)7-18(9-20)23-13-24(23)19-10-21(27)12-22(11-19)29-26(31)33-15-16-5-3-2-4-6-16/h2-12,23-24H,13-15,28H2,1H3,(H,29,31)/t23-,24-/m0/s1. The number of anilines is 1. The monoisotopic (exact) mass is 464 g/mol. The van der Waals surface area contributed by atoms with E-state index in [4.69, 9.17) is 26.8 Å². The molecule has 3 N–H and O–H groups in total. The molecule has 7 heteroatoms. The summed E-state index contributed by atoms with van der Waals surface area (Å²) in [5.74, 6) is 0.0753. The predicted molar refractivity (Wildman–Crippen MR) is 127 cm³/mol. The van der Waals surface area contributed by atoms with Crippen LogP contribution in [0.2, 0.25) is 5.02 Å². The van der Waals surface area contributed by atoms with Crippen LogP contribution in [0.15, 0.2) is 66.7 Å². The van der Waals surface area contributed by atoms with Gasteiger partial charge in [-0.3, -0.25) is 5.32 Å². The molecule has 2 atom stereocenters. The number of nitrogens with two attached hydrogens (primary N) is 1. The smallest absolute Gasteiger partial charge is 0.411 e. The summed E-state index contributed by atoms with van der Waals surface area (Å²) in [5, 5.41) is 3.29. The van der Waals surface area contributed by atoms with Crippen molar-refractivity contribution < 1.29 is 19.1 Å². The summed E-state index contributed by atoms with van der Waals surface area (Å²) in [6, 6.07) is 20.6. The molecule has 0 aromatic heterocycles. The van der Waals surface area contributed by atoms with Crippen molar-refractivity contribution in [3.63, 3.8) is 0 Å². The third kappa shape index (κ3) is 5.72. The van der Waals surface area contributed by atoms with Crippen LogP contribution in [-0.2, 0) is 22.6 Å². The van der Waals surface area contributed by atoms with E-state index in [0.29, 0.717) is 22.8 Å². The first-order valence-electron chi connectivity index (χ1n) is 10.7. The fraction of sp³-hybridized carbons (Fsp3) is 0.231. The van der Waals surface area contributed by atoms with Crippen molar-refractivity contribution in [2.45, 2.75) is 31.4 Å². The number of nitrogens with one attached hydrogen (secondary N) is 1. The van der Waals surface area contributed by atoms with Crippen LogP contribution in [0.5, 0.6) is 0 Å². The number of hydrogen-bond donors (Lipinski definition) is 2. The molecule has 170 valence electrons. The Balaban J connectivity index is 1.45. The van der Waals surface area contributed by atoms with E-state index in [1.807, 2.05) is 54.6 Å². The molecule has 0 aliphatic heterocycles. The minimum Gasteiger partial charge on any atom is -0.465 e. The van der Waals surface area contributed by atoms with Crippen LogP contribution in [0.3, 0.4) is 0 Å². The lowest BCUT2D eigenvalue weighted by molar-refractivity contribution is 0.0600. The van der Waals surface area contributed by atoms with Gasteiger partial charge in [-0.2, -0.15) is 0 Å². The second-order valence-corrected chi connectivity index (χ2v) is 8.50. The van der Waals surface area contributed by atoms with Crippen LogP contribution in [0.1, 0.15) is 50.9 Å². The van der Waals surface area contributed by atoms with Crippen LogP contribution in [0, 0.1) is 0 Å². The van der Waals surface area contributed by atoms with Gasteiger partial charge in [-0.1, -0.05) is 48.0 Å². The van der Waals surface area contributed by atoms with E-state index < -0.39 is 6.09 Å². The highest BCUT2D eigenvalue weighted by Gasteiger charge is 2.40. The van der Waals surface area contributed by atoms with Gasteiger partial charge in [-0.15, -0.1) is 0 Å². The lowest BCUT2D eigenvalue weighted by atomic mass is 9.99. The fourth-order valence-electron chi connectivity index (χ4n) is 3.99. The molecule has 1 aliphatic carbocycles. The molecule has 4 rings (SSSR count). The Bertz CT molecular complexity index is 1170. The zero-order valence-electron chi connectivity index (χ0n) is 18.2. The zero-order valence-corrected chi connectivity index (χ0v) is 19.0. The van der Waals surface area contributed by atoms with Gasteiger partial charge in [-0.25, -0.2) is 9.59 Å². The number of methoxy groups -OCH3 is 1. The fourth-order valence-corrected chi connectivity index (χ4v) is 4.24. The van der Waals surface area contributed by atoms with E-state index >= 15 is 0 Å². The average Bonchev–Trinajstić information content (AvgIpc) is 3.63. The van der Waals surface area contributed by atoms with Gasteiger partial charge in [-0.05, 0) is 70.8 Å². The quantitative estimate of drug-likeness (QED) is 0.444. The number of carbonyl (C=O) groups excluding carboxylic acids is 2. The van der Waals surface area contributed by atoms with E-state index in [1.54, 1.807) is 12.1 Å². The predicted octanol–water partition coefficient (Wildman–Crippen LogP) is 5.61. The van der Waals surface area contributed by atoms with Gasteiger partial charge in [0.05, 0.1) is 12.7 Å². The van der Waals surface area contributed by atoms with Gasteiger partial charge in [0.2, 0.25) is 0 Å². The Morgan fingerprint density at radius 3 is 2.42 bits per heavy atom. The minimum absolute atomic E-state index is 0.185. The minimum atomic E-state index is -0.544. The number of carbonyl (C=O) groups is 2. The largest absolute Gasteiger partial charge is 0.465 e. The molecule has 1 saturated carbocycles. The first kappa shape index (κ1) is 22.8. The molecule has 0 saturated heterocycles. The summed E-state index contributed by atoms with van der Waals surface area (Å²) < 4.78 is 10.2. The van der Waals surface area contributed by atoms with Crippen LogP contribution < -0.4 is 11.1 Å². The van der Waals surface area contributed by atoms with Gasteiger partial charge < -0.3 is 15.2 Å². The normalized spacial score (nSPS) is 16.7. The Morgan fingerprint density at radius 1 is 1.00 bits per heavy atom. The molecule has 0 bridgehead atoms. The van der Waals surface area contributed by atoms with Crippen molar-refractivity contribution in [1.82, 2.24) is 0 Å². The first-order chi connectivity index (χ1) is 16.0. The van der Waals surface area contributed by atoms with E-state index in [1.165, 1.54) is 7.11 Å². The number of esters is 1. The highest BCUT2D eigenvalue weighted by Crippen LogP contribution is 2.55. The summed E-state index contributed by atoms with van der Waals surface area (Å²) >= 11 is 6.34. The molecule has 33 heavy (non-hydrogen) atoms. The van der Waals surface area contributed by atoms with Crippen LogP contribution >= 0.6 is 11.6 Å². The molecule has 3 aromatic carbocycles. The molecule has 0 radical (unpaired) electrons. The van der Waals surface area contributed by atoms with Gasteiger partial charge in [0.25, 0.3) is 0 Å². The molecule has 0 unspecified atom stereocenters. The molecular formula is C26H25ClN2O4. The molecule has 1 aliphatic rings. The highest BCUT2D eigenvalue weighted by molar-refractivity contribution is 6.31. The second-order valence-electron chi connectivity index (χ2n) is 8.07. The number of ether oxygens (including phenoxy) is 2. The highest BCUT2D eigenvalue weighted by atomic mass is 35.5. The van der Waals surface area contributed by atoms with Gasteiger partial charge in [0.1, 0.15) is 6.61 Å². The molecule has 6 nitrogen and oxygen atoms in total. The van der Waals surface area contributed by atoms with Crippen molar-refractivity contribution in [2.75, 3.05) is 12.4 Å². The second kappa shape index (κ2) is 10.1. The van der Waals surface area contributed by atoms with E-state index in [9.17, 15) is 9.59 Å². The van der Waals surface area contributed by atoms with Crippen molar-refractivity contribution in [1.29, 1.82) is 0 Å². The molecule has 1 fully saturated rings. The Hall–Kier alpha value is -3.35. The van der Waals surface area contributed by atoms with Gasteiger partial charge in [0.15, 0.2) is 0 Å². The summed E-state index contributed by atoms with van der Waals surface area (Å²) in [5.41, 5.74) is 10.7. The maximum absolute atomic E-state index is 12.2. The van der Waals surface area contributed by atoms with Crippen molar-refractivity contribution in [2.24, 2.45) is 5.73 Å². The third-order valence-electron chi connectivity index (χ3n) is 5.70. The van der Waals surface area contributed by atoms with E-state index in [0.717, 1.165) is 28.7 Å². The van der Waals surface area contributed by atoms with Crippen LogP contribution in [0.4, 0.5) is 10.5 Å². The maximum Gasteiger partial charge on any atom is 0.411 e. The van der Waals surface area contributed by atoms with Crippen LogP contribution in [-0.4, -0.2) is 19.2 Å². The number of amides is 1. The topological polar surface area (TPSA) is 90.6 Å². The number of halogens is 1. The summed E-state index contributed by atoms with van der Waals surface area (Å²) in [4.78, 5) is 24.3. The Kier molecular flexibility index (Phi) is 6.96. The average molecular weight is 465 g/mol. The lowest BCUT2D eigenvalue weighted by Gasteiger charge is -2.11. The first-order valence-corrected chi connectivity index (χ1v) is 11.0. The summed E-state index contributed by atoms with van der Waals surface area (Å²) in [7, 11) is 1.36. The Labute approximate surface area is 197 Å². The Morgan fingerprint density at radius 2 is 1.73 bits per heavy atom. The number of rotatable bonds is 7. The molecule has 0 heterocycles. The van der Waals surface area contributed by atoms with Gasteiger partial charge >= 0.3 is 12.1 Å². The zero-order chi connectivity index (χ0) is 23.4.